The van der Waals surface area contributed by atoms with E-state index in [1.54, 1.807) is 6.20 Å². The van der Waals surface area contributed by atoms with Crippen molar-refractivity contribution in [2.75, 3.05) is 6.61 Å². The molecule has 0 saturated heterocycles. The number of nitrogens with one attached hydrogen (secondary N) is 1. The number of aromatic nitrogens is 2. The van der Waals surface area contributed by atoms with Crippen LogP contribution in [0, 0.1) is 5.41 Å². The van der Waals surface area contributed by atoms with E-state index in [1.807, 2.05) is 6.92 Å². The number of hydrogen-bond donors (Lipinski definition) is 1. The molecule has 1 aromatic heterocycles. The maximum absolute atomic E-state index is 11.8. The van der Waals surface area contributed by atoms with E-state index in [-0.39, 0.29) is 5.56 Å². The second kappa shape index (κ2) is 5.37. The molecule has 106 valence electrons. The van der Waals surface area contributed by atoms with Crippen molar-refractivity contribution < 1.29 is 4.74 Å². The van der Waals surface area contributed by atoms with E-state index in [2.05, 4.69) is 39.7 Å². The van der Waals surface area contributed by atoms with Crippen molar-refractivity contribution in [3.63, 3.8) is 0 Å². The third-order valence-corrected chi connectivity index (χ3v) is 4.58. The summed E-state index contributed by atoms with van der Waals surface area (Å²) in [6.07, 6.45) is 5.52. The Kier molecular flexibility index (Phi) is 4.16. The Balaban J connectivity index is 2.34. The van der Waals surface area contributed by atoms with Crippen LogP contribution < -0.4 is 5.56 Å². The summed E-state index contributed by atoms with van der Waals surface area (Å²) in [7, 11) is 0. The molecular weight excluding hydrogens is 308 g/mol. The molecular formula is C14H21BrN2O2. The van der Waals surface area contributed by atoms with Gasteiger partial charge in [-0.05, 0) is 54.0 Å². The Morgan fingerprint density at radius 1 is 1.37 bits per heavy atom. The van der Waals surface area contributed by atoms with Gasteiger partial charge in [0, 0.05) is 12.8 Å². The molecule has 1 heterocycles. The maximum Gasteiger partial charge on any atom is 0.265 e. The molecule has 0 spiro atoms. The molecule has 0 atom stereocenters. The maximum atomic E-state index is 11.8. The monoisotopic (exact) mass is 328 g/mol. The van der Waals surface area contributed by atoms with Gasteiger partial charge in [-0.3, -0.25) is 4.79 Å². The highest BCUT2D eigenvalue weighted by atomic mass is 79.9. The molecule has 0 unspecified atom stereocenters. The van der Waals surface area contributed by atoms with Gasteiger partial charge in [0.2, 0.25) is 0 Å². The number of ether oxygens (including phenoxy) is 1. The summed E-state index contributed by atoms with van der Waals surface area (Å²) < 4.78 is 6.45. The van der Waals surface area contributed by atoms with Gasteiger partial charge in [-0.25, -0.2) is 4.98 Å². The molecule has 2 rings (SSSR count). The largest absolute Gasteiger partial charge is 0.367 e. The number of H-pyrrole nitrogens is 1. The Labute approximate surface area is 122 Å². The molecule has 1 saturated carbocycles. The van der Waals surface area contributed by atoms with Crippen molar-refractivity contribution in [2.24, 2.45) is 5.41 Å². The lowest BCUT2D eigenvalue weighted by Gasteiger charge is -2.42. The van der Waals surface area contributed by atoms with Crippen molar-refractivity contribution >= 4 is 15.9 Å². The number of rotatable bonds is 3. The molecule has 1 fully saturated rings. The van der Waals surface area contributed by atoms with E-state index >= 15 is 0 Å². The molecule has 4 nitrogen and oxygen atoms in total. The van der Waals surface area contributed by atoms with Crippen LogP contribution in [0.15, 0.2) is 15.5 Å². The van der Waals surface area contributed by atoms with Gasteiger partial charge >= 0.3 is 0 Å². The minimum absolute atomic E-state index is 0.145. The lowest BCUT2D eigenvalue weighted by Crippen LogP contribution is -2.40. The number of aromatic amines is 1. The molecule has 19 heavy (non-hydrogen) atoms. The average molecular weight is 329 g/mol. The first-order chi connectivity index (χ1) is 8.88. The second-order valence-corrected chi connectivity index (χ2v) is 6.85. The number of halogens is 1. The van der Waals surface area contributed by atoms with Crippen LogP contribution in [0.25, 0.3) is 0 Å². The summed E-state index contributed by atoms with van der Waals surface area (Å²) in [4.78, 5) is 19.0. The summed E-state index contributed by atoms with van der Waals surface area (Å²) in [6, 6.07) is 0. The Morgan fingerprint density at radius 3 is 2.53 bits per heavy atom. The third-order valence-electron chi connectivity index (χ3n) is 4.02. The van der Waals surface area contributed by atoms with E-state index in [9.17, 15) is 4.79 Å². The number of hydrogen-bond acceptors (Lipinski definition) is 3. The summed E-state index contributed by atoms with van der Waals surface area (Å²) in [5.41, 5.74) is -0.227. The van der Waals surface area contributed by atoms with Crippen molar-refractivity contribution in [2.45, 2.75) is 52.1 Å². The van der Waals surface area contributed by atoms with Gasteiger partial charge in [0.05, 0.1) is 0 Å². The van der Waals surface area contributed by atoms with Crippen LogP contribution in [-0.4, -0.2) is 16.6 Å². The van der Waals surface area contributed by atoms with Crippen LogP contribution in [-0.2, 0) is 10.3 Å². The summed E-state index contributed by atoms with van der Waals surface area (Å²) in [5.74, 6) is 0.665. The normalized spacial score (nSPS) is 21.3. The van der Waals surface area contributed by atoms with Crippen LogP contribution >= 0.6 is 15.9 Å². The predicted octanol–water partition coefficient (Wildman–Crippen LogP) is 3.36. The van der Waals surface area contributed by atoms with Crippen molar-refractivity contribution in [1.82, 2.24) is 9.97 Å². The zero-order chi connectivity index (χ0) is 14.1. The van der Waals surface area contributed by atoms with E-state index in [0.29, 0.717) is 22.3 Å². The smallest absolute Gasteiger partial charge is 0.265 e. The topological polar surface area (TPSA) is 55.0 Å². The van der Waals surface area contributed by atoms with E-state index in [0.717, 1.165) is 25.7 Å². The second-order valence-electron chi connectivity index (χ2n) is 6.00. The quantitative estimate of drug-likeness (QED) is 0.925. The Morgan fingerprint density at radius 2 is 2.00 bits per heavy atom. The van der Waals surface area contributed by atoms with Crippen LogP contribution in [0.4, 0.5) is 0 Å². The van der Waals surface area contributed by atoms with E-state index in [1.165, 1.54) is 0 Å². The Hall–Kier alpha value is -0.680. The average Bonchev–Trinajstić information content (AvgIpc) is 2.36. The van der Waals surface area contributed by atoms with Gasteiger partial charge in [0.25, 0.3) is 5.56 Å². The van der Waals surface area contributed by atoms with Crippen LogP contribution in [0.2, 0.25) is 0 Å². The number of nitrogens with zero attached hydrogens (tertiary/aromatic N) is 1. The fourth-order valence-corrected chi connectivity index (χ4v) is 2.87. The van der Waals surface area contributed by atoms with E-state index < -0.39 is 5.60 Å². The fraction of sp³-hybridized carbons (Fsp3) is 0.714. The summed E-state index contributed by atoms with van der Waals surface area (Å²) >= 11 is 3.18. The molecule has 1 aromatic rings. The molecule has 0 aliphatic heterocycles. The first-order valence-corrected chi connectivity index (χ1v) is 7.57. The van der Waals surface area contributed by atoms with Gasteiger partial charge in [0.15, 0.2) is 0 Å². The first kappa shape index (κ1) is 14.7. The van der Waals surface area contributed by atoms with Crippen molar-refractivity contribution in [3.8, 4) is 0 Å². The van der Waals surface area contributed by atoms with Gasteiger partial charge < -0.3 is 9.72 Å². The lowest BCUT2D eigenvalue weighted by atomic mass is 9.70. The highest BCUT2D eigenvalue weighted by molar-refractivity contribution is 9.10. The minimum atomic E-state index is -0.426. The van der Waals surface area contributed by atoms with E-state index in [4.69, 9.17) is 4.74 Å². The zero-order valence-electron chi connectivity index (χ0n) is 11.8. The lowest BCUT2D eigenvalue weighted by molar-refractivity contribution is -0.0949. The zero-order valence-corrected chi connectivity index (χ0v) is 13.3. The molecule has 0 radical (unpaired) electrons. The van der Waals surface area contributed by atoms with Gasteiger partial charge in [0.1, 0.15) is 15.9 Å². The van der Waals surface area contributed by atoms with Crippen LogP contribution in [0.5, 0.6) is 0 Å². The Bertz CT molecular complexity index is 500. The minimum Gasteiger partial charge on any atom is -0.367 e. The standard InChI is InChI=1S/C14H21BrN2O2/c1-4-19-14(7-5-13(2,3)6-8-14)12-16-9-10(15)11(18)17-12/h9H,4-8H2,1-3H3,(H,16,17,18). The third kappa shape index (κ3) is 3.08. The predicted molar refractivity (Wildman–Crippen MR) is 78.1 cm³/mol. The SMILES string of the molecule is CCOC1(c2ncc(Br)c(=O)[nH]2)CCC(C)(C)CC1. The summed E-state index contributed by atoms with van der Waals surface area (Å²) in [5, 5.41) is 0. The fourth-order valence-electron chi connectivity index (χ4n) is 2.67. The van der Waals surface area contributed by atoms with Gasteiger partial charge in [-0.2, -0.15) is 0 Å². The highest BCUT2D eigenvalue weighted by Crippen LogP contribution is 2.46. The van der Waals surface area contributed by atoms with Gasteiger partial charge in [-0.1, -0.05) is 13.8 Å². The molecule has 1 aliphatic rings. The molecule has 5 heteroatoms. The molecule has 0 aromatic carbocycles. The van der Waals surface area contributed by atoms with Crippen LogP contribution in [0.3, 0.4) is 0 Å². The molecule has 0 bridgehead atoms. The van der Waals surface area contributed by atoms with Crippen molar-refractivity contribution in [1.29, 1.82) is 0 Å². The van der Waals surface area contributed by atoms with Crippen molar-refractivity contribution in [3.05, 3.63) is 26.8 Å². The molecule has 1 aliphatic carbocycles. The summed E-state index contributed by atoms with van der Waals surface area (Å²) in [6.45, 7) is 7.17. The van der Waals surface area contributed by atoms with Crippen LogP contribution in [0.1, 0.15) is 52.3 Å². The highest BCUT2D eigenvalue weighted by Gasteiger charge is 2.42. The van der Waals surface area contributed by atoms with Gasteiger partial charge in [-0.15, -0.1) is 0 Å². The molecule has 1 N–H and O–H groups in total. The molecule has 0 amide bonds. The first-order valence-electron chi connectivity index (χ1n) is 6.78.